The van der Waals surface area contributed by atoms with Gasteiger partial charge < -0.3 is 14.8 Å². The second kappa shape index (κ2) is 21.1. The molecule has 1 N–H and O–H groups in total. The molecule has 0 aliphatic rings. The summed E-state index contributed by atoms with van der Waals surface area (Å²) in [7, 11) is 0. The van der Waals surface area contributed by atoms with E-state index in [2.05, 4.69) is 26.1 Å². The van der Waals surface area contributed by atoms with Gasteiger partial charge in [0.25, 0.3) is 0 Å². The molecule has 0 radical (unpaired) electrons. The second-order valence-corrected chi connectivity index (χ2v) is 10.8. The average Bonchev–Trinajstić information content (AvgIpc) is 2.97. The lowest BCUT2D eigenvalue weighted by Crippen LogP contribution is -2.07. The molecule has 2 aromatic carbocycles. The highest BCUT2D eigenvalue weighted by atomic mass is 16.5. The van der Waals surface area contributed by atoms with Gasteiger partial charge in [0.15, 0.2) is 5.78 Å². The first-order valence-electron chi connectivity index (χ1n) is 15.6. The summed E-state index contributed by atoms with van der Waals surface area (Å²) in [6.07, 6.45) is 21.9. The molecule has 0 bridgehead atoms. The molecule has 1 atom stereocenters. The van der Waals surface area contributed by atoms with E-state index in [-0.39, 0.29) is 5.78 Å². The van der Waals surface area contributed by atoms with Gasteiger partial charge in [-0.2, -0.15) is 0 Å². The van der Waals surface area contributed by atoms with Crippen LogP contribution in [0.15, 0.2) is 60.8 Å². The number of rotatable bonds is 23. The topological polar surface area (TPSA) is 47.6 Å². The molecule has 0 aliphatic carbocycles. The molecule has 0 saturated heterocycles. The molecule has 0 spiro atoms. The lowest BCUT2D eigenvalue weighted by atomic mass is 10.0. The van der Waals surface area contributed by atoms with E-state index in [0.29, 0.717) is 18.1 Å². The van der Waals surface area contributed by atoms with Crippen LogP contribution in [-0.4, -0.2) is 19.0 Å². The highest BCUT2D eigenvalue weighted by molar-refractivity contribution is 6.04. The van der Waals surface area contributed by atoms with Crippen molar-refractivity contribution >= 4 is 11.5 Å². The van der Waals surface area contributed by atoms with Crippen LogP contribution in [0.3, 0.4) is 0 Å². The Hall–Kier alpha value is -2.75. The van der Waals surface area contributed by atoms with Crippen molar-refractivity contribution in [1.29, 1.82) is 0 Å². The van der Waals surface area contributed by atoms with Gasteiger partial charge in [-0.25, -0.2) is 0 Å². The van der Waals surface area contributed by atoms with E-state index < -0.39 is 0 Å². The van der Waals surface area contributed by atoms with Gasteiger partial charge in [-0.05, 0) is 60.9 Å². The number of nitrogens with one attached hydrogen (secondary N) is 1. The molecule has 216 valence electrons. The fourth-order valence-corrected chi connectivity index (χ4v) is 4.34. The summed E-state index contributed by atoms with van der Waals surface area (Å²) in [5.41, 5.74) is 1.56. The van der Waals surface area contributed by atoms with Gasteiger partial charge in [0.1, 0.15) is 11.5 Å². The monoisotopic (exact) mass is 535 g/mol. The Morgan fingerprint density at radius 2 is 1.23 bits per heavy atom. The number of hydrogen-bond donors (Lipinski definition) is 1. The van der Waals surface area contributed by atoms with Gasteiger partial charge in [0.05, 0.1) is 13.2 Å². The Kier molecular flexibility index (Phi) is 17.6. The van der Waals surface area contributed by atoms with Crippen LogP contribution in [-0.2, 0) is 0 Å². The predicted molar refractivity (Wildman–Crippen MR) is 166 cm³/mol. The fraction of sp³-hybridized carbons (Fsp3) is 0.571. The molecule has 4 heteroatoms. The minimum absolute atomic E-state index is 0.0475. The largest absolute Gasteiger partial charge is 0.494 e. The molecule has 0 heterocycles. The van der Waals surface area contributed by atoms with Crippen molar-refractivity contribution in [3.05, 3.63) is 66.4 Å². The SMILES string of the molecule is CCCCCCCCCCCCCCCOc1ccc(N/C=C/C(=O)c2ccc(OC[C@H](C)CC)cc2)cc1. The first-order valence-corrected chi connectivity index (χ1v) is 15.6. The summed E-state index contributed by atoms with van der Waals surface area (Å²) >= 11 is 0. The van der Waals surface area contributed by atoms with Crippen molar-refractivity contribution in [2.75, 3.05) is 18.5 Å². The zero-order valence-electron chi connectivity index (χ0n) is 24.9. The Morgan fingerprint density at radius 1 is 0.718 bits per heavy atom. The quantitative estimate of drug-likeness (QED) is 0.0873. The Balaban J connectivity index is 1.52. The number of carbonyl (C=O) groups is 1. The van der Waals surface area contributed by atoms with Gasteiger partial charge in [0.2, 0.25) is 0 Å². The zero-order valence-corrected chi connectivity index (χ0v) is 24.9. The summed E-state index contributed by atoms with van der Waals surface area (Å²) in [4.78, 5) is 12.4. The van der Waals surface area contributed by atoms with Crippen LogP contribution < -0.4 is 14.8 Å². The van der Waals surface area contributed by atoms with Gasteiger partial charge in [-0.3, -0.25) is 4.79 Å². The molecule has 4 nitrogen and oxygen atoms in total. The zero-order chi connectivity index (χ0) is 28.0. The van der Waals surface area contributed by atoms with Crippen LogP contribution in [0.25, 0.3) is 0 Å². The molecule has 0 aromatic heterocycles. The smallest absolute Gasteiger partial charge is 0.187 e. The number of allylic oxidation sites excluding steroid dienone is 1. The highest BCUT2D eigenvalue weighted by Gasteiger charge is 2.04. The van der Waals surface area contributed by atoms with E-state index >= 15 is 0 Å². The lowest BCUT2D eigenvalue weighted by molar-refractivity contribution is 0.104. The van der Waals surface area contributed by atoms with Crippen molar-refractivity contribution in [2.45, 2.75) is 111 Å². The molecular weight excluding hydrogens is 482 g/mol. The number of carbonyl (C=O) groups excluding carboxylic acids is 1. The normalized spacial score (nSPS) is 12.0. The highest BCUT2D eigenvalue weighted by Crippen LogP contribution is 2.18. The third kappa shape index (κ3) is 15.4. The van der Waals surface area contributed by atoms with Crippen LogP contribution in [0.5, 0.6) is 11.5 Å². The van der Waals surface area contributed by atoms with Crippen LogP contribution in [0, 0.1) is 5.92 Å². The second-order valence-electron chi connectivity index (χ2n) is 10.8. The van der Waals surface area contributed by atoms with Crippen LogP contribution in [0.2, 0.25) is 0 Å². The lowest BCUT2D eigenvalue weighted by Gasteiger charge is -2.10. The minimum Gasteiger partial charge on any atom is -0.494 e. The van der Waals surface area contributed by atoms with E-state index in [4.69, 9.17) is 9.47 Å². The summed E-state index contributed by atoms with van der Waals surface area (Å²) in [6, 6.07) is 15.2. The maximum Gasteiger partial charge on any atom is 0.187 e. The maximum absolute atomic E-state index is 12.4. The molecule has 0 aliphatic heterocycles. The standard InChI is InChI=1S/C35H53NO3/c1-4-6-7-8-9-10-11-12-13-14-15-16-17-28-38-33-24-20-32(21-25-33)36-27-26-35(37)31-18-22-34(23-19-31)39-29-30(3)5-2/h18-27,30,36H,4-17,28-29H2,1-3H3/b27-26+/t30-/m1/s1. The van der Waals surface area contributed by atoms with Gasteiger partial charge in [-0.15, -0.1) is 0 Å². The van der Waals surface area contributed by atoms with E-state index in [1.54, 1.807) is 12.3 Å². The molecule has 2 rings (SSSR count). The first-order chi connectivity index (χ1) is 19.1. The number of hydrogen-bond acceptors (Lipinski definition) is 4. The molecule has 39 heavy (non-hydrogen) atoms. The van der Waals surface area contributed by atoms with E-state index in [1.807, 2.05) is 48.5 Å². The van der Waals surface area contributed by atoms with Gasteiger partial charge in [-0.1, -0.05) is 104 Å². The maximum atomic E-state index is 12.4. The third-order valence-electron chi connectivity index (χ3n) is 7.23. The van der Waals surface area contributed by atoms with E-state index in [1.165, 1.54) is 77.0 Å². The van der Waals surface area contributed by atoms with Crippen molar-refractivity contribution in [3.63, 3.8) is 0 Å². The van der Waals surface area contributed by atoms with E-state index in [0.717, 1.165) is 36.6 Å². The summed E-state index contributed by atoms with van der Waals surface area (Å²) in [6.45, 7) is 8.05. The number of anilines is 1. The number of benzene rings is 2. The number of unbranched alkanes of at least 4 members (excludes halogenated alkanes) is 12. The molecule has 0 unspecified atom stereocenters. The van der Waals surface area contributed by atoms with Crippen LogP contribution in [0.4, 0.5) is 5.69 Å². The Morgan fingerprint density at radius 3 is 1.79 bits per heavy atom. The molecular formula is C35H53NO3. The number of ether oxygens (including phenoxy) is 2. The molecule has 0 saturated carbocycles. The molecule has 0 fully saturated rings. The van der Waals surface area contributed by atoms with Crippen molar-refractivity contribution in [1.82, 2.24) is 0 Å². The predicted octanol–water partition coefficient (Wildman–Crippen LogP) is 10.4. The fourth-order valence-electron chi connectivity index (χ4n) is 4.34. The van der Waals surface area contributed by atoms with Crippen molar-refractivity contribution in [2.24, 2.45) is 5.92 Å². The third-order valence-corrected chi connectivity index (χ3v) is 7.23. The molecule has 0 amide bonds. The van der Waals surface area contributed by atoms with Gasteiger partial charge >= 0.3 is 0 Å². The Labute approximate surface area is 238 Å². The number of ketones is 1. The molecule has 2 aromatic rings. The Bertz CT molecular complexity index is 904. The van der Waals surface area contributed by atoms with Crippen LogP contribution >= 0.6 is 0 Å². The summed E-state index contributed by atoms with van der Waals surface area (Å²) in [5, 5.41) is 3.16. The first kappa shape index (κ1) is 32.5. The average molecular weight is 536 g/mol. The van der Waals surface area contributed by atoms with Crippen molar-refractivity contribution < 1.29 is 14.3 Å². The van der Waals surface area contributed by atoms with E-state index in [9.17, 15) is 4.79 Å². The van der Waals surface area contributed by atoms with Crippen LogP contribution in [0.1, 0.15) is 121 Å². The van der Waals surface area contributed by atoms with Gasteiger partial charge in [0, 0.05) is 23.5 Å². The summed E-state index contributed by atoms with van der Waals surface area (Å²) < 4.78 is 11.7. The minimum atomic E-state index is -0.0475. The summed E-state index contributed by atoms with van der Waals surface area (Å²) in [5.74, 6) is 2.15. The van der Waals surface area contributed by atoms with Crippen molar-refractivity contribution in [3.8, 4) is 11.5 Å².